The van der Waals surface area contributed by atoms with Crippen molar-refractivity contribution < 1.29 is 50.6 Å². The molecule has 1 fully saturated rings. The van der Waals surface area contributed by atoms with Crippen molar-refractivity contribution in [1.29, 1.82) is 0 Å². The average Bonchev–Trinajstić information content (AvgIpc) is 3.01. The van der Waals surface area contributed by atoms with E-state index in [0.29, 0.717) is 0 Å². The standard InChI is InChI=1S/C10H14N5O7P.Co/c11-8-5-9(13-2-12-8)15(3-14-5)10-7(17)6(16)4(22-10)1-21-23(18,19)20;/h2-4,6-7,10,16-17H,1H2,(H2,11,12,13)(H2,18,19,20);/q;+2/p-2/t4-,6-,7-,10-;/m1./s1. The first-order chi connectivity index (χ1) is 10.8. The number of fused-ring (bicyclic) bond motifs is 1. The normalized spacial score (nSPS) is 27.3. The van der Waals surface area contributed by atoms with Gasteiger partial charge in [0.15, 0.2) is 17.7 Å². The second-order valence-corrected chi connectivity index (χ2v) is 6.02. The van der Waals surface area contributed by atoms with Gasteiger partial charge in [-0.1, -0.05) is 0 Å². The number of ether oxygens (including phenoxy) is 1. The molecule has 1 radical (unpaired) electrons. The van der Waals surface area contributed by atoms with Gasteiger partial charge in [-0.3, -0.25) is 4.57 Å². The molecule has 0 unspecified atom stereocenters. The van der Waals surface area contributed by atoms with E-state index in [0.717, 1.165) is 0 Å². The van der Waals surface area contributed by atoms with Gasteiger partial charge in [0.05, 0.1) is 20.8 Å². The van der Waals surface area contributed by atoms with Crippen LogP contribution in [0.4, 0.5) is 5.82 Å². The van der Waals surface area contributed by atoms with Gasteiger partial charge in [0.2, 0.25) is 0 Å². The van der Waals surface area contributed by atoms with Crippen molar-refractivity contribution in [3.63, 3.8) is 0 Å². The number of imidazole rings is 1. The van der Waals surface area contributed by atoms with Crippen molar-refractivity contribution >= 4 is 24.8 Å². The maximum atomic E-state index is 10.5. The number of aliphatic hydroxyl groups excluding tert-OH is 2. The molecule has 14 heteroatoms. The smallest absolute Gasteiger partial charge is 0.790 e. The summed E-state index contributed by atoms with van der Waals surface area (Å²) in [6.45, 7) is -0.719. The van der Waals surface area contributed by atoms with Gasteiger partial charge in [-0.2, -0.15) is 0 Å². The molecule has 1 saturated heterocycles. The maximum absolute atomic E-state index is 10.5. The number of rotatable bonds is 4. The molecule has 1 aliphatic rings. The molecule has 0 amide bonds. The fourth-order valence-corrected chi connectivity index (χ4v) is 2.65. The Morgan fingerprint density at radius 2 is 2.04 bits per heavy atom. The van der Waals surface area contributed by atoms with Crippen LogP contribution in [0.1, 0.15) is 6.23 Å². The van der Waals surface area contributed by atoms with E-state index in [2.05, 4.69) is 19.5 Å². The summed E-state index contributed by atoms with van der Waals surface area (Å²) in [6.07, 6.45) is -2.75. The molecule has 24 heavy (non-hydrogen) atoms. The molecule has 12 nitrogen and oxygen atoms in total. The summed E-state index contributed by atoms with van der Waals surface area (Å²) in [7, 11) is -5.22. The van der Waals surface area contributed by atoms with Crippen LogP contribution in [0.5, 0.6) is 0 Å². The number of hydrogen-bond donors (Lipinski definition) is 3. The number of aliphatic hydroxyl groups is 2. The first-order valence-electron chi connectivity index (χ1n) is 6.39. The Labute approximate surface area is 145 Å². The van der Waals surface area contributed by atoms with Crippen LogP contribution in [0.15, 0.2) is 12.7 Å². The second-order valence-electron chi connectivity index (χ2n) is 4.87. The van der Waals surface area contributed by atoms with Crippen LogP contribution in [0, 0.1) is 0 Å². The van der Waals surface area contributed by atoms with Crippen molar-refractivity contribution in [2.75, 3.05) is 12.3 Å². The summed E-state index contributed by atoms with van der Waals surface area (Å²) in [5.41, 5.74) is 6.19. The molecule has 0 saturated carbocycles. The van der Waals surface area contributed by atoms with Crippen molar-refractivity contribution in [3.8, 4) is 0 Å². The molecule has 4 atom stereocenters. The van der Waals surface area contributed by atoms with Gasteiger partial charge in [0.25, 0.3) is 0 Å². The Hall–Kier alpha value is -1.15. The van der Waals surface area contributed by atoms with Gasteiger partial charge in [-0.05, 0) is 0 Å². The number of nitrogens with zero attached hydrogens (tertiary/aromatic N) is 4. The first-order valence-corrected chi connectivity index (χ1v) is 7.85. The van der Waals surface area contributed by atoms with Crippen LogP contribution in [0.3, 0.4) is 0 Å². The number of phosphoric acid groups is 1. The summed E-state index contributed by atoms with van der Waals surface area (Å²) >= 11 is 0. The maximum Gasteiger partial charge on any atom is 2.00 e. The van der Waals surface area contributed by atoms with Crippen LogP contribution in [0.25, 0.3) is 11.2 Å². The van der Waals surface area contributed by atoms with Gasteiger partial charge < -0.3 is 39.6 Å². The van der Waals surface area contributed by atoms with E-state index >= 15 is 0 Å². The Morgan fingerprint density at radius 1 is 1.33 bits per heavy atom. The monoisotopic (exact) mass is 404 g/mol. The molecule has 0 aliphatic carbocycles. The minimum Gasteiger partial charge on any atom is -0.790 e. The number of hydrogen-bond acceptors (Lipinski definition) is 11. The molecular weight excluding hydrogens is 392 g/mol. The number of nitrogen functional groups attached to an aromatic ring is 1. The number of aromatic nitrogens is 4. The summed E-state index contributed by atoms with van der Waals surface area (Å²) in [6, 6.07) is 0. The Kier molecular flexibility index (Phi) is 5.59. The third-order valence-electron chi connectivity index (χ3n) is 3.40. The third-order valence-corrected chi connectivity index (χ3v) is 3.86. The van der Waals surface area contributed by atoms with E-state index in [1.54, 1.807) is 0 Å². The predicted octanol–water partition coefficient (Wildman–Crippen LogP) is -3.13. The van der Waals surface area contributed by atoms with E-state index in [1.807, 2.05) is 0 Å². The Balaban J connectivity index is 0.00000208. The topological polar surface area (TPSA) is 192 Å². The van der Waals surface area contributed by atoms with Crippen molar-refractivity contribution in [2.24, 2.45) is 0 Å². The third kappa shape index (κ3) is 3.59. The molecular formula is C10H12CoN5O7P. The van der Waals surface area contributed by atoms with Crippen LogP contribution in [-0.4, -0.2) is 54.7 Å². The van der Waals surface area contributed by atoms with E-state index in [9.17, 15) is 24.6 Å². The summed E-state index contributed by atoms with van der Waals surface area (Å²) < 4.78 is 21.3. The zero-order valence-electron chi connectivity index (χ0n) is 11.8. The summed E-state index contributed by atoms with van der Waals surface area (Å²) in [5, 5.41) is 20.0. The quantitative estimate of drug-likeness (QED) is 0.437. The van der Waals surface area contributed by atoms with Crippen molar-refractivity contribution in [1.82, 2.24) is 19.5 Å². The van der Waals surface area contributed by atoms with Crippen molar-refractivity contribution in [3.05, 3.63) is 12.7 Å². The van der Waals surface area contributed by atoms with E-state index < -0.39 is 39.0 Å². The minimum absolute atomic E-state index is 0. The molecule has 133 valence electrons. The van der Waals surface area contributed by atoms with E-state index in [-0.39, 0.29) is 33.8 Å². The van der Waals surface area contributed by atoms with Gasteiger partial charge in [-0.15, -0.1) is 0 Å². The molecule has 3 rings (SSSR count). The number of nitrogens with two attached hydrogens (primary N) is 1. The second kappa shape index (κ2) is 6.99. The fraction of sp³-hybridized carbons (Fsp3) is 0.500. The number of anilines is 1. The first kappa shape index (κ1) is 19.2. The molecule has 0 bridgehead atoms. The molecule has 2 aromatic rings. The van der Waals surface area contributed by atoms with Crippen LogP contribution >= 0.6 is 7.82 Å². The average molecular weight is 404 g/mol. The predicted molar refractivity (Wildman–Crippen MR) is 69.2 cm³/mol. The Morgan fingerprint density at radius 3 is 2.71 bits per heavy atom. The fourth-order valence-electron chi connectivity index (χ4n) is 2.32. The van der Waals surface area contributed by atoms with Gasteiger partial charge in [0.1, 0.15) is 30.2 Å². The largest absolute Gasteiger partial charge is 2.00 e. The van der Waals surface area contributed by atoms with E-state index in [4.69, 9.17) is 10.5 Å². The van der Waals surface area contributed by atoms with Crippen LogP contribution in [-0.2, 0) is 30.6 Å². The molecule has 0 aromatic carbocycles. The molecule has 3 heterocycles. The van der Waals surface area contributed by atoms with Crippen LogP contribution < -0.4 is 15.5 Å². The van der Waals surface area contributed by atoms with E-state index in [1.165, 1.54) is 17.2 Å². The summed E-state index contributed by atoms with van der Waals surface area (Å²) in [5.74, 6) is 0.125. The molecule has 0 spiro atoms. The van der Waals surface area contributed by atoms with Gasteiger partial charge in [-0.25, -0.2) is 15.0 Å². The zero-order valence-corrected chi connectivity index (χ0v) is 13.7. The summed E-state index contributed by atoms with van der Waals surface area (Å²) in [4.78, 5) is 32.8. The van der Waals surface area contributed by atoms with Gasteiger partial charge >= 0.3 is 16.8 Å². The van der Waals surface area contributed by atoms with Crippen LogP contribution in [0.2, 0.25) is 0 Å². The van der Waals surface area contributed by atoms with Gasteiger partial charge in [0, 0.05) is 0 Å². The molecule has 2 aromatic heterocycles. The minimum atomic E-state index is -5.22. The molecule has 1 aliphatic heterocycles. The Bertz CT molecular complexity index is 769. The molecule has 4 N–H and O–H groups in total. The number of phosphoric ester groups is 1. The zero-order chi connectivity index (χ0) is 16.8. The van der Waals surface area contributed by atoms with Crippen molar-refractivity contribution in [2.45, 2.75) is 24.5 Å². The SMILES string of the molecule is Nc1ncnc2c1ncn2[C@@H]1O[C@H](COP(=O)([O-])[O-])[C@@H](O)[C@H]1O.[Co+2].